The van der Waals surface area contributed by atoms with Gasteiger partial charge >= 0.3 is 5.97 Å². The Balaban J connectivity index is 1.87. The predicted octanol–water partition coefficient (Wildman–Crippen LogP) is 2.35. The number of carboxylic acid groups (broad SMARTS) is 1. The molecule has 0 bridgehead atoms. The van der Waals surface area contributed by atoms with E-state index < -0.39 is 16.0 Å². The summed E-state index contributed by atoms with van der Waals surface area (Å²) in [6.07, 6.45) is 3.06. The largest absolute Gasteiger partial charge is 0.478 e. The fourth-order valence-corrected chi connectivity index (χ4v) is 4.20. The Bertz CT molecular complexity index is 807. The lowest BCUT2D eigenvalue weighted by molar-refractivity contribution is 0.0696. The van der Waals surface area contributed by atoms with Crippen molar-refractivity contribution in [3.63, 3.8) is 0 Å². The molecule has 0 aliphatic carbocycles. The van der Waals surface area contributed by atoms with Crippen molar-refractivity contribution in [2.24, 2.45) is 0 Å². The quantitative estimate of drug-likeness (QED) is 0.809. The maximum absolute atomic E-state index is 13.0. The molecule has 2 heterocycles. The topological polar surface area (TPSA) is 97.0 Å². The third-order valence-corrected chi connectivity index (χ3v) is 5.91. The predicted molar refractivity (Wildman–Crippen MR) is 88.7 cm³/mol. The fraction of sp³-hybridized carbons (Fsp3) is 0.353. The van der Waals surface area contributed by atoms with Crippen molar-refractivity contribution in [1.82, 2.24) is 4.31 Å². The van der Waals surface area contributed by atoms with E-state index in [1.54, 1.807) is 12.1 Å². The van der Waals surface area contributed by atoms with Crippen LogP contribution in [0.3, 0.4) is 0 Å². The summed E-state index contributed by atoms with van der Waals surface area (Å²) in [5, 5.41) is 8.96. The van der Waals surface area contributed by atoms with Gasteiger partial charge in [-0.3, -0.25) is 0 Å². The molecule has 3 rings (SSSR count). The van der Waals surface area contributed by atoms with Crippen LogP contribution in [0.15, 0.2) is 52.0 Å². The lowest BCUT2D eigenvalue weighted by atomic mass is 10.2. The van der Waals surface area contributed by atoms with Crippen molar-refractivity contribution in [1.29, 1.82) is 0 Å². The Morgan fingerprint density at radius 3 is 2.56 bits per heavy atom. The molecule has 0 spiro atoms. The number of carbonyl (C=O) groups is 1. The molecular formula is C17H19NO6S. The van der Waals surface area contributed by atoms with Gasteiger partial charge in [0.1, 0.15) is 5.76 Å². The van der Waals surface area contributed by atoms with Crippen LogP contribution in [0.25, 0.3) is 0 Å². The zero-order chi connectivity index (χ0) is 17.9. The first kappa shape index (κ1) is 17.7. The molecule has 7 nitrogen and oxygen atoms in total. The van der Waals surface area contributed by atoms with Crippen LogP contribution in [-0.2, 0) is 21.3 Å². The van der Waals surface area contributed by atoms with Crippen LogP contribution < -0.4 is 0 Å². The highest BCUT2D eigenvalue weighted by Crippen LogP contribution is 2.23. The first-order valence-corrected chi connectivity index (χ1v) is 9.38. The van der Waals surface area contributed by atoms with Gasteiger partial charge in [0.05, 0.1) is 29.4 Å². The maximum Gasteiger partial charge on any atom is 0.335 e. The minimum atomic E-state index is -3.81. The second-order valence-corrected chi connectivity index (χ2v) is 7.78. The Kier molecular flexibility index (Phi) is 5.22. The summed E-state index contributed by atoms with van der Waals surface area (Å²) in [5.41, 5.74) is 0.0376. The van der Waals surface area contributed by atoms with E-state index in [1.165, 1.54) is 34.8 Å². The van der Waals surface area contributed by atoms with Crippen molar-refractivity contribution in [2.45, 2.75) is 30.4 Å². The van der Waals surface area contributed by atoms with Gasteiger partial charge in [-0.1, -0.05) is 0 Å². The van der Waals surface area contributed by atoms with E-state index in [0.29, 0.717) is 12.4 Å². The summed E-state index contributed by atoms with van der Waals surface area (Å²) in [6, 6.07) is 8.60. The Morgan fingerprint density at radius 1 is 1.24 bits per heavy atom. The summed E-state index contributed by atoms with van der Waals surface area (Å²) in [7, 11) is -3.81. The van der Waals surface area contributed by atoms with E-state index in [4.69, 9.17) is 14.3 Å². The molecule has 2 aromatic rings. The summed E-state index contributed by atoms with van der Waals surface area (Å²) < 4.78 is 38.2. The molecule has 1 fully saturated rings. The normalized spacial score (nSPS) is 17.9. The molecule has 0 radical (unpaired) electrons. The molecule has 25 heavy (non-hydrogen) atoms. The molecule has 1 aromatic carbocycles. The first-order chi connectivity index (χ1) is 12.0. The molecule has 134 valence electrons. The van der Waals surface area contributed by atoms with E-state index in [9.17, 15) is 13.2 Å². The maximum atomic E-state index is 13.0. The summed E-state index contributed by atoms with van der Waals surface area (Å²) in [6.45, 7) is 0.951. The third-order valence-electron chi connectivity index (χ3n) is 4.08. The lowest BCUT2D eigenvalue weighted by Gasteiger charge is -2.24. The number of hydrogen-bond acceptors (Lipinski definition) is 5. The standard InChI is InChI=1S/C17H19NO6S/c19-17(20)13-5-7-16(8-6-13)25(21,22)18(11-14-3-1-9-23-14)12-15-4-2-10-24-15/h1,3,5-9,15H,2,4,10-12H2,(H,19,20). The van der Waals surface area contributed by atoms with Crippen molar-refractivity contribution in [3.05, 3.63) is 54.0 Å². The van der Waals surface area contributed by atoms with E-state index in [0.717, 1.165) is 12.8 Å². The van der Waals surface area contributed by atoms with Crippen LogP contribution in [0.2, 0.25) is 0 Å². The second-order valence-electron chi connectivity index (χ2n) is 5.84. The number of aromatic carboxylic acids is 1. The molecule has 1 atom stereocenters. The highest BCUT2D eigenvalue weighted by Gasteiger charge is 2.30. The van der Waals surface area contributed by atoms with Gasteiger partial charge in [0.2, 0.25) is 10.0 Å². The molecule has 1 N–H and O–H groups in total. The molecule has 8 heteroatoms. The zero-order valence-electron chi connectivity index (χ0n) is 13.5. The fourth-order valence-electron chi connectivity index (χ4n) is 2.76. The first-order valence-electron chi connectivity index (χ1n) is 7.94. The Morgan fingerprint density at radius 2 is 2.00 bits per heavy atom. The Hall–Kier alpha value is -2.16. The van der Waals surface area contributed by atoms with E-state index in [-0.39, 0.29) is 29.7 Å². The van der Waals surface area contributed by atoms with Crippen LogP contribution in [-0.4, -0.2) is 43.1 Å². The highest BCUT2D eigenvalue weighted by molar-refractivity contribution is 7.89. The highest BCUT2D eigenvalue weighted by atomic mass is 32.2. The average molecular weight is 365 g/mol. The van der Waals surface area contributed by atoms with Crippen molar-refractivity contribution >= 4 is 16.0 Å². The summed E-state index contributed by atoms with van der Waals surface area (Å²) in [4.78, 5) is 11.0. The van der Waals surface area contributed by atoms with Crippen molar-refractivity contribution < 1.29 is 27.5 Å². The minimum Gasteiger partial charge on any atom is -0.478 e. The number of nitrogens with zero attached hydrogens (tertiary/aromatic N) is 1. The molecule has 1 aliphatic heterocycles. The number of sulfonamides is 1. The molecule has 1 saturated heterocycles. The number of rotatable bonds is 7. The number of furan rings is 1. The van der Waals surface area contributed by atoms with Crippen LogP contribution in [0.4, 0.5) is 0 Å². The number of ether oxygens (including phenoxy) is 1. The molecule has 0 saturated carbocycles. The van der Waals surface area contributed by atoms with Crippen molar-refractivity contribution in [3.8, 4) is 0 Å². The van der Waals surface area contributed by atoms with Gasteiger partial charge < -0.3 is 14.3 Å². The number of hydrogen-bond donors (Lipinski definition) is 1. The SMILES string of the molecule is O=C(O)c1ccc(S(=O)(=O)N(Cc2ccco2)CC2CCCO2)cc1. The monoisotopic (exact) mass is 365 g/mol. The number of carboxylic acids is 1. The van der Waals surface area contributed by atoms with Gasteiger partial charge in [-0.2, -0.15) is 4.31 Å². The molecule has 1 aromatic heterocycles. The average Bonchev–Trinajstić information content (AvgIpc) is 3.28. The summed E-state index contributed by atoms with van der Waals surface area (Å²) >= 11 is 0. The van der Waals surface area contributed by atoms with E-state index in [2.05, 4.69) is 0 Å². The van der Waals surface area contributed by atoms with Crippen LogP contribution in [0.1, 0.15) is 29.0 Å². The summed E-state index contributed by atoms with van der Waals surface area (Å²) in [5.74, 6) is -0.570. The molecule has 1 unspecified atom stereocenters. The minimum absolute atomic E-state index is 0.0376. The number of benzene rings is 1. The zero-order valence-corrected chi connectivity index (χ0v) is 14.3. The van der Waals surface area contributed by atoms with Crippen LogP contribution >= 0.6 is 0 Å². The van der Waals surface area contributed by atoms with E-state index in [1.807, 2.05) is 0 Å². The van der Waals surface area contributed by atoms with E-state index >= 15 is 0 Å². The smallest absolute Gasteiger partial charge is 0.335 e. The third kappa shape index (κ3) is 4.09. The van der Waals surface area contributed by atoms with Gasteiger partial charge in [-0.05, 0) is 49.2 Å². The van der Waals surface area contributed by atoms with Gasteiger partial charge in [0.25, 0.3) is 0 Å². The van der Waals surface area contributed by atoms with Gasteiger partial charge in [0, 0.05) is 13.2 Å². The molecule has 0 amide bonds. The van der Waals surface area contributed by atoms with Crippen LogP contribution in [0.5, 0.6) is 0 Å². The van der Waals surface area contributed by atoms with Gasteiger partial charge in [-0.25, -0.2) is 13.2 Å². The Labute approximate surface area is 145 Å². The molecular weight excluding hydrogens is 346 g/mol. The van der Waals surface area contributed by atoms with Gasteiger partial charge in [-0.15, -0.1) is 0 Å². The van der Waals surface area contributed by atoms with Crippen LogP contribution in [0, 0.1) is 0 Å². The van der Waals surface area contributed by atoms with Crippen molar-refractivity contribution in [2.75, 3.05) is 13.2 Å². The molecule has 1 aliphatic rings. The second kappa shape index (κ2) is 7.38. The lowest BCUT2D eigenvalue weighted by Crippen LogP contribution is -2.36. The van der Waals surface area contributed by atoms with Gasteiger partial charge in [0.15, 0.2) is 0 Å².